The van der Waals surface area contributed by atoms with E-state index >= 15 is 0 Å². The fourth-order valence-electron chi connectivity index (χ4n) is 4.76. The number of rotatable bonds is 4. The SMILES string of the molecule is COc1ccc2nc([C@@H]3C[C@H]4C[C@H]4N3C(=O)c3cc(C)ccc3-n3nccn3)[nH]c2c1. The van der Waals surface area contributed by atoms with E-state index in [0.29, 0.717) is 17.2 Å². The molecular weight excluding hydrogens is 392 g/mol. The summed E-state index contributed by atoms with van der Waals surface area (Å²) in [5.74, 6) is 2.15. The fraction of sp³-hybridized carbons (Fsp3) is 0.304. The van der Waals surface area contributed by atoms with Crippen LogP contribution in [-0.4, -0.2) is 48.9 Å². The van der Waals surface area contributed by atoms with Gasteiger partial charge in [0.1, 0.15) is 11.6 Å². The molecule has 0 unspecified atom stereocenters. The third-order valence-corrected chi connectivity index (χ3v) is 6.38. The molecule has 1 aliphatic carbocycles. The number of likely N-dealkylation sites (tertiary alicyclic amines) is 1. The molecule has 3 heterocycles. The highest BCUT2D eigenvalue weighted by Crippen LogP contribution is 2.53. The number of fused-ring (bicyclic) bond motifs is 2. The third-order valence-electron chi connectivity index (χ3n) is 6.38. The Labute approximate surface area is 178 Å². The zero-order valence-corrected chi connectivity index (χ0v) is 17.3. The minimum Gasteiger partial charge on any atom is -0.497 e. The minimum absolute atomic E-state index is 0.00374. The minimum atomic E-state index is -0.0754. The summed E-state index contributed by atoms with van der Waals surface area (Å²) in [5, 5.41) is 8.48. The molecule has 2 aliphatic rings. The van der Waals surface area contributed by atoms with Crippen LogP contribution in [0.4, 0.5) is 0 Å². The summed E-state index contributed by atoms with van der Waals surface area (Å²) in [6.45, 7) is 1.99. The van der Waals surface area contributed by atoms with Crippen LogP contribution in [-0.2, 0) is 0 Å². The third kappa shape index (κ3) is 2.90. The number of piperidine rings is 1. The van der Waals surface area contributed by atoms with E-state index in [1.165, 1.54) is 4.80 Å². The normalized spacial score (nSPS) is 22.0. The highest BCUT2D eigenvalue weighted by molar-refractivity contribution is 5.99. The van der Waals surface area contributed by atoms with Gasteiger partial charge in [0.15, 0.2) is 0 Å². The molecule has 31 heavy (non-hydrogen) atoms. The Bertz CT molecular complexity index is 1290. The van der Waals surface area contributed by atoms with Gasteiger partial charge in [0.2, 0.25) is 0 Å². The maximum absolute atomic E-state index is 13.8. The Morgan fingerprint density at radius 3 is 2.77 bits per heavy atom. The lowest BCUT2D eigenvalue weighted by Gasteiger charge is -2.27. The Hall–Kier alpha value is -3.68. The second-order valence-corrected chi connectivity index (χ2v) is 8.37. The summed E-state index contributed by atoms with van der Waals surface area (Å²) >= 11 is 0. The molecule has 3 atom stereocenters. The molecule has 6 rings (SSSR count). The van der Waals surface area contributed by atoms with E-state index in [0.717, 1.165) is 41.0 Å². The molecule has 156 valence electrons. The number of imidazole rings is 1. The Morgan fingerprint density at radius 1 is 1.13 bits per heavy atom. The largest absolute Gasteiger partial charge is 0.497 e. The fourth-order valence-corrected chi connectivity index (χ4v) is 4.76. The average molecular weight is 414 g/mol. The van der Waals surface area contributed by atoms with Crippen molar-refractivity contribution in [3.63, 3.8) is 0 Å². The molecule has 0 bridgehead atoms. The first kappa shape index (κ1) is 18.1. The van der Waals surface area contributed by atoms with Crippen LogP contribution in [0.2, 0.25) is 0 Å². The number of hydrogen-bond acceptors (Lipinski definition) is 5. The number of methoxy groups -OCH3 is 1. The van der Waals surface area contributed by atoms with Gasteiger partial charge in [-0.1, -0.05) is 11.6 Å². The molecule has 1 N–H and O–H groups in total. The zero-order chi connectivity index (χ0) is 21.1. The first-order valence-corrected chi connectivity index (χ1v) is 10.5. The molecule has 1 amide bonds. The summed E-state index contributed by atoms with van der Waals surface area (Å²) in [4.78, 5) is 25.6. The van der Waals surface area contributed by atoms with Gasteiger partial charge in [-0.15, -0.1) is 0 Å². The standard InChI is InChI=1S/C23H22N6O2/c1-13-3-6-19(29-24-7-8-25-29)16(9-13)23(30)28-20-10-14(20)11-21(28)22-26-17-5-4-15(31-2)12-18(17)27-22/h3-9,12,14,20-21H,10-11H2,1-2H3,(H,26,27)/t14-,20-,21+/m1/s1. The Kier molecular flexibility index (Phi) is 3.89. The number of nitrogens with one attached hydrogen (secondary N) is 1. The molecule has 1 saturated heterocycles. The average Bonchev–Trinajstić information content (AvgIpc) is 3.19. The van der Waals surface area contributed by atoms with Crippen LogP contribution in [0.1, 0.15) is 40.6 Å². The molecule has 0 radical (unpaired) electrons. The number of aromatic nitrogens is 5. The number of benzene rings is 2. The lowest BCUT2D eigenvalue weighted by molar-refractivity contribution is 0.0692. The van der Waals surface area contributed by atoms with Crippen LogP contribution < -0.4 is 4.74 Å². The molecule has 4 aromatic rings. The van der Waals surface area contributed by atoms with Crippen LogP contribution in [0, 0.1) is 12.8 Å². The van der Waals surface area contributed by atoms with Crippen molar-refractivity contribution in [1.82, 2.24) is 29.9 Å². The van der Waals surface area contributed by atoms with E-state index in [2.05, 4.69) is 15.2 Å². The van der Waals surface area contributed by atoms with Gasteiger partial charge < -0.3 is 14.6 Å². The lowest BCUT2D eigenvalue weighted by Crippen LogP contribution is -2.35. The predicted molar refractivity (Wildman–Crippen MR) is 114 cm³/mol. The number of H-pyrrole nitrogens is 1. The van der Waals surface area contributed by atoms with E-state index < -0.39 is 0 Å². The number of ether oxygens (including phenoxy) is 1. The molecular formula is C23H22N6O2. The Morgan fingerprint density at radius 2 is 1.97 bits per heavy atom. The van der Waals surface area contributed by atoms with Crippen LogP contribution in [0.3, 0.4) is 0 Å². The lowest BCUT2D eigenvalue weighted by atomic mass is 10.1. The predicted octanol–water partition coefficient (Wildman–Crippen LogP) is 3.44. The van der Waals surface area contributed by atoms with Gasteiger partial charge in [0, 0.05) is 12.1 Å². The molecule has 2 aromatic heterocycles. The summed E-state index contributed by atoms with van der Waals surface area (Å²) in [7, 11) is 1.65. The number of carbonyl (C=O) groups excluding carboxylic acids is 1. The number of hydrogen-bond donors (Lipinski definition) is 1. The maximum atomic E-state index is 13.8. The number of nitrogens with zero attached hydrogens (tertiary/aromatic N) is 5. The zero-order valence-electron chi connectivity index (χ0n) is 17.3. The topological polar surface area (TPSA) is 88.9 Å². The molecule has 1 aliphatic heterocycles. The highest BCUT2D eigenvalue weighted by atomic mass is 16.5. The Balaban J connectivity index is 1.40. The van der Waals surface area contributed by atoms with Gasteiger partial charge in [-0.2, -0.15) is 15.0 Å². The van der Waals surface area contributed by atoms with Gasteiger partial charge >= 0.3 is 0 Å². The summed E-state index contributed by atoms with van der Waals surface area (Å²) in [6.07, 6.45) is 5.21. The van der Waals surface area contributed by atoms with Crippen molar-refractivity contribution in [1.29, 1.82) is 0 Å². The van der Waals surface area contributed by atoms with Gasteiger partial charge in [-0.3, -0.25) is 4.79 Å². The quantitative estimate of drug-likeness (QED) is 0.553. The number of carbonyl (C=O) groups is 1. The van der Waals surface area contributed by atoms with E-state index in [-0.39, 0.29) is 18.0 Å². The second kappa shape index (κ2) is 6.66. The van der Waals surface area contributed by atoms with Gasteiger partial charge in [-0.05, 0) is 49.9 Å². The van der Waals surface area contributed by atoms with E-state index in [9.17, 15) is 4.79 Å². The maximum Gasteiger partial charge on any atom is 0.257 e. The van der Waals surface area contributed by atoms with Crippen molar-refractivity contribution >= 4 is 16.9 Å². The smallest absolute Gasteiger partial charge is 0.257 e. The summed E-state index contributed by atoms with van der Waals surface area (Å²) < 4.78 is 5.33. The number of amides is 1. The molecule has 2 fully saturated rings. The highest BCUT2D eigenvalue weighted by Gasteiger charge is 2.55. The van der Waals surface area contributed by atoms with Crippen molar-refractivity contribution in [3.8, 4) is 11.4 Å². The monoisotopic (exact) mass is 414 g/mol. The first-order valence-electron chi connectivity index (χ1n) is 10.5. The van der Waals surface area contributed by atoms with Gasteiger partial charge in [0.25, 0.3) is 5.91 Å². The molecule has 0 spiro atoms. The van der Waals surface area contributed by atoms with E-state index in [1.807, 2.05) is 48.2 Å². The van der Waals surface area contributed by atoms with Crippen LogP contribution in [0.25, 0.3) is 16.7 Å². The molecule has 8 heteroatoms. The second-order valence-electron chi connectivity index (χ2n) is 8.37. The van der Waals surface area contributed by atoms with Gasteiger partial charge in [0.05, 0.1) is 47.8 Å². The molecule has 1 saturated carbocycles. The van der Waals surface area contributed by atoms with Crippen molar-refractivity contribution in [2.45, 2.75) is 31.8 Å². The van der Waals surface area contributed by atoms with Crippen molar-refractivity contribution in [2.75, 3.05) is 7.11 Å². The molecule has 2 aromatic carbocycles. The number of aromatic amines is 1. The van der Waals surface area contributed by atoms with Gasteiger partial charge in [-0.25, -0.2) is 4.98 Å². The van der Waals surface area contributed by atoms with Crippen molar-refractivity contribution < 1.29 is 9.53 Å². The van der Waals surface area contributed by atoms with E-state index in [4.69, 9.17) is 9.72 Å². The van der Waals surface area contributed by atoms with Crippen LogP contribution in [0.5, 0.6) is 5.75 Å². The van der Waals surface area contributed by atoms with Crippen molar-refractivity contribution in [2.24, 2.45) is 5.92 Å². The first-order chi connectivity index (χ1) is 15.1. The van der Waals surface area contributed by atoms with E-state index in [1.54, 1.807) is 19.5 Å². The summed E-state index contributed by atoms with van der Waals surface area (Å²) in [6, 6.07) is 11.8. The molecule has 8 nitrogen and oxygen atoms in total. The van der Waals surface area contributed by atoms with Crippen LogP contribution in [0.15, 0.2) is 48.8 Å². The number of aryl methyl sites for hydroxylation is 1. The summed E-state index contributed by atoms with van der Waals surface area (Å²) in [5.41, 5.74) is 4.13. The van der Waals surface area contributed by atoms with Crippen LogP contribution >= 0.6 is 0 Å². The van der Waals surface area contributed by atoms with Crippen molar-refractivity contribution in [3.05, 3.63) is 65.7 Å².